The molecule has 0 aromatic carbocycles. The third kappa shape index (κ3) is 5.20. The highest BCUT2D eigenvalue weighted by atomic mass is 31.1. The monoisotopic (exact) mass is 162 g/mol. The zero-order valence-electron chi connectivity index (χ0n) is 7.77. The summed E-state index contributed by atoms with van der Waals surface area (Å²) in [6.45, 7) is 10.7. The first-order valence-corrected chi connectivity index (χ1v) is 5.56. The van der Waals surface area contributed by atoms with Crippen LogP contribution in [0.3, 0.4) is 0 Å². The first-order valence-electron chi connectivity index (χ1n) is 3.93. The Bertz CT molecular complexity index is 81.7. The maximum atomic E-state index is 5.80. The maximum absolute atomic E-state index is 5.80. The van der Waals surface area contributed by atoms with Crippen molar-refractivity contribution in [2.24, 2.45) is 0 Å². The second-order valence-electron chi connectivity index (χ2n) is 3.32. The lowest BCUT2D eigenvalue weighted by molar-refractivity contribution is 0.151. The molecule has 62 valence electrons. The van der Waals surface area contributed by atoms with Crippen molar-refractivity contribution in [3.05, 3.63) is 0 Å². The molecular weight excluding hydrogens is 143 g/mol. The van der Waals surface area contributed by atoms with Crippen LogP contribution in [0.2, 0.25) is 0 Å². The minimum atomic E-state index is -0.144. The lowest BCUT2D eigenvalue weighted by Crippen LogP contribution is -2.16. The van der Waals surface area contributed by atoms with E-state index in [9.17, 15) is 0 Å². The molecule has 0 aromatic rings. The highest BCUT2D eigenvalue weighted by Crippen LogP contribution is 2.40. The van der Waals surface area contributed by atoms with E-state index in [1.165, 1.54) is 12.3 Å². The molecule has 0 heterocycles. The van der Waals surface area contributed by atoms with Crippen molar-refractivity contribution in [1.29, 1.82) is 0 Å². The molecule has 0 aromatic heterocycles. The molecule has 0 fully saturated rings. The van der Waals surface area contributed by atoms with Crippen LogP contribution in [0.4, 0.5) is 0 Å². The molecule has 0 rings (SSSR count). The van der Waals surface area contributed by atoms with E-state index >= 15 is 0 Å². The fraction of sp³-hybridized carbons (Fsp3) is 1.00. The van der Waals surface area contributed by atoms with Gasteiger partial charge in [0.25, 0.3) is 0 Å². The van der Waals surface area contributed by atoms with Crippen LogP contribution in [0.5, 0.6) is 0 Å². The van der Waals surface area contributed by atoms with Crippen molar-refractivity contribution in [3.8, 4) is 0 Å². The van der Waals surface area contributed by atoms with Crippen LogP contribution < -0.4 is 0 Å². The number of hydrogen-bond acceptors (Lipinski definition) is 1. The second-order valence-corrected chi connectivity index (χ2v) is 5.73. The van der Waals surface area contributed by atoms with E-state index in [2.05, 4.69) is 34.6 Å². The minimum absolute atomic E-state index is 0.0533. The predicted octanol–water partition coefficient (Wildman–Crippen LogP) is 3.24. The standard InChI is InChI=1S/C8H19OP/c1-6-10(7-2)9-8(3,4)5/h6-7H2,1-5H3. The summed E-state index contributed by atoms with van der Waals surface area (Å²) in [6.07, 6.45) is 2.37. The van der Waals surface area contributed by atoms with Gasteiger partial charge in [-0.05, 0) is 33.1 Å². The van der Waals surface area contributed by atoms with E-state index in [0.29, 0.717) is 0 Å². The third-order valence-electron chi connectivity index (χ3n) is 1.11. The molecule has 0 aliphatic heterocycles. The Labute approximate surface area is 66.0 Å². The molecule has 0 radical (unpaired) electrons. The molecule has 1 nitrogen and oxygen atoms in total. The summed E-state index contributed by atoms with van der Waals surface area (Å²) in [5, 5.41) is 0. The molecule has 0 atom stereocenters. The molecular formula is C8H19OP. The summed E-state index contributed by atoms with van der Waals surface area (Å²) in [6, 6.07) is 0. The van der Waals surface area contributed by atoms with E-state index < -0.39 is 0 Å². The van der Waals surface area contributed by atoms with Crippen LogP contribution >= 0.6 is 8.15 Å². The maximum Gasteiger partial charge on any atom is 0.0641 e. The van der Waals surface area contributed by atoms with Crippen molar-refractivity contribution >= 4 is 8.15 Å². The van der Waals surface area contributed by atoms with Gasteiger partial charge in [-0.3, -0.25) is 0 Å². The normalized spacial score (nSPS) is 12.6. The first-order chi connectivity index (χ1) is 4.49. The van der Waals surface area contributed by atoms with Crippen LogP contribution in [0.15, 0.2) is 0 Å². The van der Waals surface area contributed by atoms with Crippen LogP contribution in [-0.4, -0.2) is 17.9 Å². The Morgan fingerprint density at radius 3 is 1.60 bits per heavy atom. The van der Waals surface area contributed by atoms with Gasteiger partial charge in [0.2, 0.25) is 0 Å². The molecule has 0 saturated carbocycles. The quantitative estimate of drug-likeness (QED) is 0.579. The van der Waals surface area contributed by atoms with Crippen molar-refractivity contribution < 1.29 is 4.52 Å². The summed E-state index contributed by atoms with van der Waals surface area (Å²) >= 11 is 0. The van der Waals surface area contributed by atoms with Gasteiger partial charge in [0.1, 0.15) is 0 Å². The first kappa shape index (κ1) is 10.4. The van der Waals surface area contributed by atoms with Crippen LogP contribution in [0, 0.1) is 0 Å². The van der Waals surface area contributed by atoms with E-state index in [4.69, 9.17) is 4.52 Å². The van der Waals surface area contributed by atoms with E-state index in [1.54, 1.807) is 0 Å². The van der Waals surface area contributed by atoms with Gasteiger partial charge in [-0.25, -0.2) is 0 Å². The van der Waals surface area contributed by atoms with E-state index in [1.807, 2.05) is 0 Å². The minimum Gasteiger partial charge on any atom is -0.354 e. The predicted molar refractivity (Wildman–Crippen MR) is 48.8 cm³/mol. The topological polar surface area (TPSA) is 9.23 Å². The van der Waals surface area contributed by atoms with Gasteiger partial charge in [-0.2, -0.15) is 0 Å². The van der Waals surface area contributed by atoms with Crippen molar-refractivity contribution in [1.82, 2.24) is 0 Å². The average molecular weight is 162 g/mol. The fourth-order valence-corrected chi connectivity index (χ4v) is 2.22. The van der Waals surface area contributed by atoms with Crippen molar-refractivity contribution in [3.63, 3.8) is 0 Å². The molecule has 0 aliphatic rings. The molecule has 0 aliphatic carbocycles. The van der Waals surface area contributed by atoms with Crippen molar-refractivity contribution in [2.45, 2.75) is 40.2 Å². The van der Waals surface area contributed by atoms with Crippen LogP contribution in [0.1, 0.15) is 34.6 Å². The van der Waals surface area contributed by atoms with Crippen LogP contribution in [0.25, 0.3) is 0 Å². The van der Waals surface area contributed by atoms with Gasteiger partial charge in [0, 0.05) is 8.15 Å². The largest absolute Gasteiger partial charge is 0.354 e. The fourth-order valence-electron chi connectivity index (χ4n) is 0.740. The molecule has 0 saturated heterocycles. The summed E-state index contributed by atoms with van der Waals surface area (Å²) in [5.74, 6) is 0. The summed E-state index contributed by atoms with van der Waals surface area (Å²) in [5.41, 5.74) is 0.0533. The van der Waals surface area contributed by atoms with Gasteiger partial charge in [-0.1, -0.05) is 13.8 Å². The highest BCUT2D eigenvalue weighted by molar-refractivity contribution is 7.52. The third-order valence-corrected chi connectivity index (χ3v) is 3.33. The SMILES string of the molecule is CCP(CC)OC(C)(C)C. The molecule has 2 heteroatoms. The highest BCUT2D eigenvalue weighted by Gasteiger charge is 2.15. The van der Waals surface area contributed by atoms with E-state index in [0.717, 1.165) is 0 Å². The van der Waals surface area contributed by atoms with E-state index in [-0.39, 0.29) is 13.7 Å². The second kappa shape index (κ2) is 4.31. The molecule has 0 unspecified atom stereocenters. The van der Waals surface area contributed by atoms with Gasteiger partial charge >= 0.3 is 0 Å². The van der Waals surface area contributed by atoms with Crippen molar-refractivity contribution in [2.75, 3.05) is 12.3 Å². The van der Waals surface area contributed by atoms with Gasteiger partial charge in [0.15, 0.2) is 0 Å². The Kier molecular flexibility index (Phi) is 4.47. The van der Waals surface area contributed by atoms with Gasteiger partial charge < -0.3 is 4.52 Å². The van der Waals surface area contributed by atoms with Gasteiger partial charge in [0.05, 0.1) is 5.60 Å². The molecule has 10 heavy (non-hydrogen) atoms. The number of hydrogen-bond donors (Lipinski definition) is 0. The Balaban J connectivity index is 3.63. The zero-order valence-corrected chi connectivity index (χ0v) is 8.66. The summed E-state index contributed by atoms with van der Waals surface area (Å²) in [7, 11) is -0.144. The average Bonchev–Trinajstić information content (AvgIpc) is 1.81. The molecule has 0 amide bonds. The summed E-state index contributed by atoms with van der Waals surface area (Å²) in [4.78, 5) is 0. The number of rotatable bonds is 3. The molecule has 0 bridgehead atoms. The van der Waals surface area contributed by atoms with Gasteiger partial charge in [-0.15, -0.1) is 0 Å². The Morgan fingerprint density at radius 1 is 1.10 bits per heavy atom. The Hall–Kier alpha value is 0.390. The zero-order chi connectivity index (χ0) is 8.20. The molecule has 0 spiro atoms. The van der Waals surface area contributed by atoms with Crippen LogP contribution in [-0.2, 0) is 4.52 Å². The molecule has 0 N–H and O–H groups in total. The smallest absolute Gasteiger partial charge is 0.0641 e. The lowest BCUT2D eigenvalue weighted by atomic mass is 10.2. The summed E-state index contributed by atoms with van der Waals surface area (Å²) < 4.78 is 5.80. The Morgan fingerprint density at radius 2 is 1.50 bits per heavy atom. The lowest BCUT2D eigenvalue weighted by Gasteiger charge is -2.25.